The smallest absolute Gasteiger partial charge is 0.128 e. The number of hydrogen-bond acceptors (Lipinski definition) is 2. The van der Waals surface area contributed by atoms with Crippen LogP contribution in [0.15, 0.2) is 42.5 Å². The highest BCUT2D eigenvalue weighted by molar-refractivity contribution is 5.55. The Morgan fingerprint density at radius 1 is 1.11 bits per heavy atom. The molecular formula is C16H19FN2. The van der Waals surface area contributed by atoms with Crippen LogP contribution in [0.25, 0.3) is 0 Å². The Morgan fingerprint density at radius 2 is 1.84 bits per heavy atom. The summed E-state index contributed by atoms with van der Waals surface area (Å²) >= 11 is 0. The van der Waals surface area contributed by atoms with E-state index in [1.165, 1.54) is 11.6 Å². The van der Waals surface area contributed by atoms with E-state index >= 15 is 0 Å². The summed E-state index contributed by atoms with van der Waals surface area (Å²) in [5.74, 6) is -0.226. The van der Waals surface area contributed by atoms with Crippen LogP contribution in [0, 0.1) is 19.7 Å². The molecular weight excluding hydrogens is 239 g/mol. The molecule has 0 bridgehead atoms. The number of hydrogen-bond donors (Lipinski definition) is 2. The first-order chi connectivity index (χ1) is 9.13. The van der Waals surface area contributed by atoms with Crippen molar-refractivity contribution in [1.29, 1.82) is 0 Å². The van der Waals surface area contributed by atoms with Gasteiger partial charge in [-0.05, 0) is 37.1 Å². The summed E-state index contributed by atoms with van der Waals surface area (Å²) in [5.41, 5.74) is 9.75. The van der Waals surface area contributed by atoms with Gasteiger partial charge >= 0.3 is 0 Å². The fourth-order valence-electron chi connectivity index (χ4n) is 2.12. The number of nitrogens with one attached hydrogen (secondary N) is 1. The summed E-state index contributed by atoms with van der Waals surface area (Å²) in [6.07, 6.45) is 0. The van der Waals surface area contributed by atoms with Gasteiger partial charge in [0.1, 0.15) is 5.82 Å². The van der Waals surface area contributed by atoms with Crippen molar-refractivity contribution in [3.8, 4) is 0 Å². The second-order valence-electron chi connectivity index (χ2n) is 4.70. The molecule has 1 atom stereocenters. The van der Waals surface area contributed by atoms with Crippen LogP contribution in [-0.4, -0.2) is 6.54 Å². The van der Waals surface area contributed by atoms with E-state index < -0.39 is 0 Å². The number of nitrogens with two attached hydrogens (primary N) is 1. The maximum atomic E-state index is 13.8. The molecule has 0 aliphatic heterocycles. The summed E-state index contributed by atoms with van der Waals surface area (Å²) in [5, 5.41) is 3.33. The Balaban J connectivity index is 2.30. The molecule has 2 nitrogen and oxygen atoms in total. The van der Waals surface area contributed by atoms with Crippen LogP contribution in [-0.2, 0) is 0 Å². The van der Waals surface area contributed by atoms with E-state index in [9.17, 15) is 4.39 Å². The Morgan fingerprint density at radius 3 is 2.53 bits per heavy atom. The van der Waals surface area contributed by atoms with Crippen LogP contribution in [0.4, 0.5) is 10.1 Å². The average molecular weight is 258 g/mol. The predicted octanol–water partition coefficient (Wildman–Crippen LogP) is 3.55. The van der Waals surface area contributed by atoms with Gasteiger partial charge in [0, 0.05) is 17.8 Å². The molecule has 0 aromatic heterocycles. The number of rotatable bonds is 4. The highest BCUT2D eigenvalue weighted by atomic mass is 19.1. The molecule has 0 radical (unpaired) electrons. The van der Waals surface area contributed by atoms with Crippen LogP contribution in [0.2, 0.25) is 0 Å². The van der Waals surface area contributed by atoms with Gasteiger partial charge in [-0.1, -0.05) is 30.3 Å². The summed E-state index contributed by atoms with van der Waals surface area (Å²) in [7, 11) is 0. The molecule has 2 rings (SSSR count). The van der Waals surface area contributed by atoms with Crippen LogP contribution < -0.4 is 11.1 Å². The van der Waals surface area contributed by atoms with Crippen molar-refractivity contribution in [2.24, 2.45) is 5.73 Å². The van der Waals surface area contributed by atoms with Gasteiger partial charge in [-0.15, -0.1) is 0 Å². The molecule has 19 heavy (non-hydrogen) atoms. The van der Waals surface area contributed by atoms with E-state index in [-0.39, 0.29) is 11.9 Å². The maximum absolute atomic E-state index is 13.8. The van der Waals surface area contributed by atoms with Crippen LogP contribution in [0.1, 0.15) is 22.7 Å². The van der Waals surface area contributed by atoms with E-state index in [1.807, 2.05) is 25.1 Å². The van der Waals surface area contributed by atoms with E-state index in [1.54, 1.807) is 12.1 Å². The van der Waals surface area contributed by atoms with E-state index in [2.05, 4.69) is 18.3 Å². The number of benzene rings is 2. The molecule has 0 saturated heterocycles. The molecule has 3 N–H and O–H groups in total. The summed E-state index contributed by atoms with van der Waals surface area (Å²) < 4.78 is 13.8. The fourth-order valence-corrected chi connectivity index (χ4v) is 2.12. The highest BCUT2D eigenvalue weighted by Crippen LogP contribution is 2.25. The van der Waals surface area contributed by atoms with Gasteiger partial charge in [0.05, 0.1) is 6.04 Å². The van der Waals surface area contributed by atoms with Crippen molar-refractivity contribution < 1.29 is 4.39 Å². The third-order valence-electron chi connectivity index (χ3n) is 3.45. The minimum Gasteiger partial charge on any atom is -0.377 e. The first kappa shape index (κ1) is 13.6. The SMILES string of the molecule is Cc1cccc(NC(CN)c2ccccc2F)c1C. The van der Waals surface area contributed by atoms with Gasteiger partial charge in [-0.3, -0.25) is 0 Å². The third-order valence-corrected chi connectivity index (χ3v) is 3.45. The fraction of sp³-hybridized carbons (Fsp3) is 0.250. The molecule has 1 unspecified atom stereocenters. The third kappa shape index (κ3) is 2.93. The molecule has 0 amide bonds. The normalized spacial score (nSPS) is 12.2. The van der Waals surface area contributed by atoms with Gasteiger partial charge in [-0.25, -0.2) is 4.39 Å². The first-order valence-corrected chi connectivity index (χ1v) is 6.40. The van der Waals surface area contributed by atoms with Gasteiger partial charge in [0.2, 0.25) is 0 Å². The number of aryl methyl sites for hydroxylation is 1. The largest absolute Gasteiger partial charge is 0.377 e. The Bertz CT molecular complexity index is 566. The molecule has 2 aromatic carbocycles. The van der Waals surface area contributed by atoms with Gasteiger partial charge in [0.15, 0.2) is 0 Å². The zero-order chi connectivity index (χ0) is 13.8. The minimum absolute atomic E-state index is 0.221. The molecule has 3 heteroatoms. The topological polar surface area (TPSA) is 38.0 Å². The van der Waals surface area contributed by atoms with Crippen LogP contribution in [0.5, 0.6) is 0 Å². The monoisotopic (exact) mass is 258 g/mol. The molecule has 100 valence electrons. The Kier molecular flexibility index (Phi) is 4.17. The Hall–Kier alpha value is -1.87. The first-order valence-electron chi connectivity index (χ1n) is 6.40. The molecule has 0 fully saturated rings. The summed E-state index contributed by atoms with van der Waals surface area (Å²) in [6.45, 7) is 4.45. The zero-order valence-corrected chi connectivity index (χ0v) is 11.3. The van der Waals surface area contributed by atoms with Crippen molar-refractivity contribution in [3.63, 3.8) is 0 Å². The lowest BCUT2D eigenvalue weighted by Gasteiger charge is -2.21. The lowest BCUT2D eigenvalue weighted by atomic mass is 10.0. The molecule has 0 spiro atoms. The lowest BCUT2D eigenvalue weighted by Crippen LogP contribution is -2.22. The highest BCUT2D eigenvalue weighted by Gasteiger charge is 2.14. The molecule has 0 aliphatic carbocycles. The average Bonchev–Trinajstić information content (AvgIpc) is 2.41. The van der Waals surface area contributed by atoms with Crippen LogP contribution in [0.3, 0.4) is 0 Å². The van der Waals surface area contributed by atoms with Crippen molar-refractivity contribution in [1.82, 2.24) is 0 Å². The quantitative estimate of drug-likeness (QED) is 0.880. The van der Waals surface area contributed by atoms with Gasteiger partial charge in [0.25, 0.3) is 0 Å². The molecule has 2 aromatic rings. The van der Waals surface area contributed by atoms with Gasteiger partial charge in [-0.2, -0.15) is 0 Å². The standard InChI is InChI=1S/C16H19FN2/c1-11-6-5-9-15(12(11)2)19-16(10-18)13-7-3-4-8-14(13)17/h3-9,16,19H,10,18H2,1-2H3. The van der Waals surface area contributed by atoms with E-state index in [0.29, 0.717) is 12.1 Å². The molecule has 0 aliphatic rings. The zero-order valence-electron chi connectivity index (χ0n) is 11.3. The maximum Gasteiger partial charge on any atom is 0.128 e. The second kappa shape index (κ2) is 5.85. The second-order valence-corrected chi connectivity index (χ2v) is 4.70. The van der Waals surface area contributed by atoms with Crippen molar-refractivity contribution in [2.45, 2.75) is 19.9 Å². The molecule has 0 saturated carbocycles. The summed E-state index contributed by atoms with van der Waals surface area (Å²) in [6, 6.07) is 12.6. The minimum atomic E-state index is -0.226. The lowest BCUT2D eigenvalue weighted by molar-refractivity contribution is 0.593. The van der Waals surface area contributed by atoms with Crippen molar-refractivity contribution in [3.05, 3.63) is 65.0 Å². The van der Waals surface area contributed by atoms with Crippen molar-refractivity contribution >= 4 is 5.69 Å². The van der Waals surface area contributed by atoms with Crippen molar-refractivity contribution in [2.75, 3.05) is 11.9 Å². The molecule has 0 heterocycles. The van der Waals surface area contributed by atoms with Gasteiger partial charge < -0.3 is 11.1 Å². The number of halogens is 1. The summed E-state index contributed by atoms with van der Waals surface area (Å²) in [4.78, 5) is 0. The van der Waals surface area contributed by atoms with E-state index in [4.69, 9.17) is 5.73 Å². The predicted molar refractivity (Wildman–Crippen MR) is 77.7 cm³/mol. The van der Waals surface area contributed by atoms with E-state index in [0.717, 1.165) is 11.3 Å². The Labute approximate surface area is 113 Å². The number of anilines is 1. The van der Waals surface area contributed by atoms with Crippen LogP contribution >= 0.6 is 0 Å².